The van der Waals surface area contributed by atoms with Gasteiger partial charge in [0.1, 0.15) is 0 Å². The fourth-order valence-corrected chi connectivity index (χ4v) is 4.11. The summed E-state index contributed by atoms with van der Waals surface area (Å²) in [6, 6.07) is 0.447. The van der Waals surface area contributed by atoms with E-state index in [1.54, 1.807) is 0 Å². The Morgan fingerprint density at radius 2 is 1.95 bits per heavy atom. The zero-order valence-electron chi connectivity index (χ0n) is 14.4. The van der Waals surface area contributed by atoms with Crippen molar-refractivity contribution in [2.75, 3.05) is 13.1 Å². The van der Waals surface area contributed by atoms with Crippen molar-refractivity contribution in [3.63, 3.8) is 0 Å². The van der Waals surface area contributed by atoms with Crippen molar-refractivity contribution in [1.29, 1.82) is 0 Å². The number of hydrogen-bond acceptors (Lipinski definition) is 2. The molecule has 0 radical (unpaired) electrons. The van der Waals surface area contributed by atoms with Gasteiger partial charge in [0, 0.05) is 12.5 Å². The van der Waals surface area contributed by atoms with Crippen molar-refractivity contribution < 1.29 is 4.79 Å². The number of carbonyl (C=O) groups is 1. The van der Waals surface area contributed by atoms with E-state index in [9.17, 15) is 4.79 Å². The highest BCUT2D eigenvalue weighted by Gasteiger charge is 2.25. The van der Waals surface area contributed by atoms with Gasteiger partial charge in [0.05, 0.1) is 0 Å². The third kappa shape index (κ3) is 6.45. The maximum absolute atomic E-state index is 12.2. The predicted octanol–water partition coefficient (Wildman–Crippen LogP) is 3.91. The molecule has 130 valence electrons. The normalized spacial score (nSPS) is 30.2. The summed E-state index contributed by atoms with van der Waals surface area (Å²) in [6.45, 7) is 6.76. The average molecular weight is 331 g/mol. The van der Waals surface area contributed by atoms with E-state index in [0.717, 1.165) is 19.0 Å². The third-order valence-corrected chi connectivity index (χ3v) is 5.56. The van der Waals surface area contributed by atoms with Crippen LogP contribution in [0.25, 0.3) is 0 Å². The van der Waals surface area contributed by atoms with Gasteiger partial charge in [-0.1, -0.05) is 26.7 Å². The van der Waals surface area contributed by atoms with Gasteiger partial charge in [0.2, 0.25) is 5.91 Å². The Labute approximate surface area is 142 Å². The molecule has 1 amide bonds. The molecule has 1 heterocycles. The minimum Gasteiger partial charge on any atom is -0.353 e. The maximum atomic E-state index is 12.2. The standard InChI is InChI=1S/C18H34N2O.ClH/c1-3-5-15-7-9-17(10-8-15)20-18(21)12-14(2)16-6-4-11-19-13-16;/h14-17,19H,3-13H2,1-2H3,(H,20,21);1H. The van der Waals surface area contributed by atoms with Crippen molar-refractivity contribution in [3.8, 4) is 0 Å². The first kappa shape index (κ1) is 19.8. The molecule has 1 saturated heterocycles. The fourth-order valence-electron chi connectivity index (χ4n) is 4.11. The summed E-state index contributed by atoms with van der Waals surface area (Å²) in [5.74, 6) is 2.39. The lowest BCUT2D eigenvalue weighted by atomic mass is 9.83. The van der Waals surface area contributed by atoms with Crippen molar-refractivity contribution in [1.82, 2.24) is 10.6 Å². The van der Waals surface area contributed by atoms with Crippen molar-refractivity contribution in [2.24, 2.45) is 17.8 Å². The molecule has 2 unspecified atom stereocenters. The number of piperidine rings is 1. The molecular formula is C18H35ClN2O. The van der Waals surface area contributed by atoms with Gasteiger partial charge in [0.25, 0.3) is 0 Å². The van der Waals surface area contributed by atoms with Crippen molar-refractivity contribution in [2.45, 2.75) is 77.7 Å². The number of hydrogen-bond donors (Lipinski definition) is 2. The molecule has 4 heteroatoms. The fraction of sp³-hybridized carbons (Fsp3) is 0.944. The second kappa shape index (κ2) is 10.5. The van der Waals surface area contributed by atoms with Gasteiger partial charge >= 0.3 is 0 Å². The molecule has 2 aliphatic rings. The first-order valence-corrected chi connectivity index (χ1v) is 9.19. The number of rotatable bonds is 6. The van der Waals surface area contributed by atoms with E-state index in [1.807, 2.05) is 0 Å². The molecule has 0 spiro atoms. The SMILES string of the molecule is CCCC1CCC(NC(=O)CC(C)C2CCCNC2)CC1.Cl. The monoisotopic (exact) mass is 330 g/mol. The molecule has 2 N–H and O–H groups in total. The van der Waals surface area contributed by atoms with Crippen LogP contribution in [0.1, 0.15) is 71.6 Å². The van der Waals surface area contributed by atoms with Crippen LogP contribution in [0.15, 0.2) is 0 Å². The molecule has 1 saturated carbocycles. The Kier molecular flexibility index (Phi) is 9.42. The molecule has 0 aromatic carbocycles. The minimum atomic E-state index is 0. The van der Waals surface area contributed by atoms with E-state index in [1.165, 1.54) is 51.4 Å². The lowest BCUT2D eigenvalue weighted by Gasteiger charge is -2.31. The second-order valence-corrected chi connectivity index (χ2v) is 7.36. The minimum absolute atomic E-state index is 0. The van der Waals surface area contributed by atoms with Gasteiger partial charge in [0.15, 0.2) is 0 Å². The number of carbonyl (C=O) groups excluding carboxylic acids is 1. The lowest BCUT2D eigenvalue weighted by Crippen LogP contribution is -2.40. The average Bonchev–Trinajstić information content (AvgIpc) is 2.50. The highest BCUT2D eigenvalue weighted by Crippen LogP contribution is 2.28. The smallest absolute Gasteiger partial charge is 0.220 e. The highest BCUT2D eigenvalue weighted by atomic mass is 35.5. The summed E-state index contributed by atoms with van der Waals surface area (Å²) in [4.78, 5) is 12.2. The summed E-state index contributed by atoms with van der Waals surface area (Å²) in [6.07, 6.45) is 10.9. The van der Waals surface area contributed by atoms with Crippen molar-refractivity contribution >= 4 is 18.3 Å². The Morgan fingerprint density at radius 3 is 2.55 bits per heavy atom. The Hall–Kier alpha value is -0.280. The van der Waals surface area contributed by atoms with E-state index in [2.05, 4.69) is 24.5 Å². The first-order chi connectivity index (χ1) is 10.2. The number of halogens is 1. The summed E-state index contributed by atoms with van der Waals surface area (Å²) >= 11 is 0. The Balaban J connectivity index is 0.00000242. The zero-order valence-corrected chi connectivity index (χ0v) is 15.2. The van der Waals surface area contributed by atoms with Gasteiger partial charge in [-0.2, -0.15) is 0 Å². The molecule has 0 bridgehead atoms. The quantitative estimate of drug-likeness (QED) is 0.775. The van der Waals surface area contributed by atoms with E-state index in [-0.39, 0.29) is 18.3 Å². The molecule has 3 nitrogen and oxygen atoms in total. The van der Waals surface area contributed by atoms with Gasteiger partial charge in [-0.25, -0.2) is 0 Å². The second-order valence-electron chi connectivity index (χ2n) is 7.36. The van der Waals surface area contributed by atoms with E-state index in [4.69, 9.17) is 0 Å². The highest BCUT2D eigenvalue weighted by molar-refractivity contribution is 5.85. The maximum Gasteiger partial charge on any atom is 0.220 e. The van der Waals surface area contributed by atoms with Crippen LogP contribution in [0.3, 0.4) is 0 Å². The van der Waals surface area contributed by atoms with Gasteiger partial charge in [-0.15, -0.1) is 12.4 Å². The predicted molar refractivity (Wildman–Crippen MR) is 95.4 cm³/mol. The Morgan fingerprint density at radius 1 is 1.23 bits per heavy atom. The Bertz CT molecular complexity index is 310. The molecule has 2 fully saturated rings. The summed E-state index contributed by atoms with van der Waals surface area (Å²) in [5, 5.41) is 6.75. The van der Waals surface area contributed by atoms with E-state index in [0.29, 0.717) is 24.3 Å². The van der Waals surface area contributed by atoms with Crippen LogP contribution >= 0.6 is 12.4 Å². The molecule has 22 heavy (non-hydrogen) atoms. The number of amides is 1. The van der Waals surface area contributed by atoms with E-state index >= 15 is 0 Å². The topological polar surface area (TPSA) is 41.1 Å². The molecule has 1 aliphatic carbocycles. The van der Waals surface area contributed by atoms with Crippen LogP contribution in [-0.4, -0.2) is 25.0 Å². The van der Waals surface area contributed by atoms with Gasteiger partial charge in [-0.3, -0.25) is 4.79 Å². The van der Waals surface area contributed by atoms with Crippen LogP contribution in [0.4, 0.5) is 0 Å². The van der Waals surface area contributed by atoms with E-state index < -0.39 is 0 Å². The molecule has 2 atom stereocenters. The largest absolute Gasteiger partial charge is 0.353 e. The van der Waals surface area contributed by atoms with Crippen LogP contribution in [0, 0.1) is 17.8 Å². The molecule has 0 aromatic heterocycles. The summed E-state index contributed by atoms with van der Waals surface area (Å²) in [7, 11) is 0. The zero-order chi connectivity index (χ0) is 15.1. The van der Waals surface area contributed by atoms with Gasteiger partial charge in [-0.05, 0) is 69.4 Å². The molecular weight excluding hydrogens is 296 g/mol. The lowest BCUT2D eigenvalue weighted by molar-refractivity contribution is -0.123. The van der Waals surface area contributed by atoms with Crippen LogP contribution in [0.2, 0.25) is 0 Å². The molecule has 2 rings (SSSR count). The third-order valence-electron chi connectivity index (χ3n) is 5.56. The summed E-state index contributed by atoms with van der Waals surface area (Å²) < 4.78 is 0. The summed E-state index contributed by atoms with van der Waals surface area (Å²) in [5.41, 5.74) is 0. The van der Waals surface area contributed by atoms with Crippen LogP contribution < -0.4 is 10.6 Å². The first-order valence-electron chi connectivity index (χ1n) is 9.19. The number of nitrogens with one attached hydrogen (secondary N) is 2. The molecule has 0 aromatic rings. The van der Waals surface area contributed by atoms with Crippen molar-refractivity contribution in [3.05, 3.63) is 0 Å². The van der Waals surface area contributed by atoms with Crippen LogP contribution in [-0.2, 0) is 4.79 Å². The van der Waals surface area contributed by atoms with Gasteiger partial charge < -0.3 is 10.6 Å². The molecule has 1 aliphatic heterocycles. The van der Waals surface area contributed by atoms with Crippen LogP contribution in [0.5, 0.6) is 0 Å².